The molecule has 3 saturated carbocycles. The molecule has 0 aromatic carbocycles. The smallest absolute Gasteiger partial charge is 0.0849 e. The van der Waals surface area contributed by atoms with Gasteiger partial charge in [-0.25, -0.2) is 0 Å². The van der Waals surface area contributed by atoms with Crippen molar-refractivity contribution in [1.29, 1.82) is 0 Å². The standard InChI is InChI=1S/C30H52O4/c1-18(9-13-24(32)27(4,5)34)19-15-16-28(6)22-12-10-20-21(11-14-23(31)26(20,2)3)30(22,8)25(33)17-29(19,28)7/h10,18-19,21-25,31-34H,9,11-17H2,1-8H3/t18-,19+,21+,22+,23+,24+,25-,28-,29+,30+/m1/s1. The SMILES string of the molecule is C[C@H](CC[C@H](O)C(C)(C)O)[C@@H]1CC[C@]2(C)[C@@H]3CC=C4[C@H](CC[C@H](O)C4(C)C)[C@]3(C)[C@H](O)C[C@@]12C. The second-order valence-electron chi connectivity index (χ2n) is 14.6. The van der Waals surface area contributed by atoms with Gasteiger partial charge in [0.1, 0.15) is 0 Å². The maximum atomic E-state index is 11.9. The third-order valence-corrected chi connectivity index (χ3v) is 12.4. The van der Waals surface area contributed by atoms with E-state index in [0.717, 1.165) is 32.1 Å². The molecule has 0 amide bonds. The average Bonchev–Trinajstić information content (AvgIpc) is 2.99. The molecule has 0 radical (unpaired) electrons. The Labute approximate surface area is 208 Å². The normalized spacial score (nSPS) is 47.8. The van der Waals surface area contributed by atoms with Crippen LogP contribution in [0.4, 0.5) is 0 Å². The van der Waals surface area contributed by atoms with Gasteiger partial charge in [0.2, 0.25) is 0 Å². The van der Waals surface area contributed by atoms with Crippen molar-refractivity contribution in [2.24, 2.45) is 45.3 Å². The minimum Gasteiger partial charge on any atom is -0.393 e. The molecule has 4 nitrogen and oxygen atoms in total. The second-order valence-corrected chi connectivity index (χ2v) is 14.6. The molecule has 196 valence electrons. The van der Waals surface area contributed by atoms with E-state index in [4.69, 9.17) is 0 Å². The fourth-order valence-corrected chi connectivity index (χ4v) is 9.64. The van der Waals surface area contributed by atoms with Crippen LogP contribution in [0.1, 0.15) is 107 Å². The van der Waals surface area contributed by atoms with Crippen LogP contribution in [-0.4, -0.2) is 44.3 Å². The summed E-state index contributed by atoms with van der Waals surface area (Å²) in [6.07, 6.45) is 8.64. The van der Waals surface area contributed by atoms with E-state index >= 15 is 0 Å². The van der Waals surface area contributed by atoms with Gasteiger partial charge in [0.05, 0.1) is 23.9 Å². The Balaban J connectivity index is 1.63. The predicted octanol–water partition coefficient (Wildman–Crippen LogP) is 5.47. The van der Waals surface area contributed by atoms with Crippen LogP contribution in [0.3, 0.4) is 0 Å². The molecule has 0 unspecified atom stereocenters. The van der Waals surface area contributed by atoms with E-state index in [1.54, 1.807) is 13.8 Å². The van der Waals surface area contributed by atoms with Crippen LogP contribution in [0.15, 0.2) is 11.6 Å². The minimum absolute atomic E-state index is 0.0603. The van der Waals surface area contributed by atoms with Crippen molar-refractivity contribution in [1.82, 2.24) is 0 Å². The molecule has 0 heterocycles. The summed E-state index contributed by atoms with van der Waals surface area (Å²) in [4.78, 5) is 0. The molecule has 4 heteroatoms. The maximum absolute atomic E-state index is 11.9. The monoisotopic (exact) mass is 476 g/mol. The molecule has 3 fully saturated rings. The van der Waals surface area contributed by atoms with Crippen LogP contribution in [0.25, 0.3) is 0 Å². The Bertz CT molecular complexity index is 811. The molecule has 0 aliphatic heterocycles. The van der Waals surface area contributed by atoms with E-state index in [1.807, 2.05) is 0 Å². The molecule has 0 bridgehead atoms. The summed E-state index contributed by atoms with van der Waals surface area (Å²) in [5.74, 6) is 1.74. The zero-order valence-corrected chi connectivity index (χ0v) is 23.1. The lowest BCUT2D eigenvalue weighted by atomic mass is 9.38. The van der Waals surface area contributed by atoms with Gasteiger partial charge in [-0.1, -0.05) is 53.2 Å². The van der Waals surface area contributed by atoms with Crippen molar-refractivity contribution in [3.05, 3.63) is 11.6 Å². The highest BCUT2D eigenvalue weighted by Crippen LogP contribution is 2.74. The molecule has 4 N–H and O–H groups in total. The third-order valence-electron chi connectivity index (χ3n) is 12.4. The van der Waals surface area contributed by atoms with Crippen molar-refractivity contribution in [3.63, 3.8) is 0 Å². The van der Waals surface area contributed by atoms with Gasteiger partial charge in [0, 0.05) is 10.8 Å². The maximum Gasteiger partial charge on any atom is 0.0849 e. The van der Waals surface area contributed by atoms with Crippen LogP contribution in [-0.2, 0) is 0 Å². The van der Waals surface area contributed by atoms with Crippen LogP contribution < -0.4 is 0 Å². The third kappa shape index (κ3) is 3.60. The van der Waals surface area contributed by atoms with Crippen molar-refractivity contribution in [2.75, 3.05) is 0 Å². The lowest BCUT2D eigenvalue weighted by molar-refractivity contribution is -0.204. The Kier molecular flexibility index (Phi) is 6.50. The first-order valence-corrected chi connectivity index (χ1v) is 14.0. The quantitative estimate of drug-likeness (QED) is 0.397. The highest BCUT2D eigenvalue weighted by molar-refractivity contribution is 5.31. The number of allylic oxidation sites excluding steroid dienone is 1. The first-order valence-electron chi connectivity index (χ1n) is 14.0. The van der Waals surface area contributed by atoms with Gasteiger partial charge in [0.25, 0.3) is 0 Å². The number of hydrogen-bond donors (Lipinski definition) is 4. The van der Waals surface area contributed by atoms with Crippen LogP contribution in [0, 0.1) is 45.3 Å². The lowest BCUT2D eigenvalue weighted by Gasteiger charge is -2.67. The Morgan fingerprint density at radius 2 is 1.62 bits per heavy atom. The molecule has 0 aromatic heterocycles. The van der Waals surface area contributed by atoms with E-state index in [1.165, 1.54) is 18.4 Å². The highest BCUT2D eigenvalue weighted by atomic mass is 16.3. The summed E-state index contributed by atoms with van der Waals surface area (Å²) in [5.41, 5.74) is 0.184. The largest absolute Gasteiger partial charge is 0.393 e. The van der Waals surface area contributed by atoms with Crippen LogP contribution >= 0.6 is 0 Å². The van der Waals surface area contributed by atoms with Gasteiger partial charge in [0.15, 0.2) is 0 Å². The molecule has 4 rings (SSSR count). The first-order chi connectivity index (χ1) is 15.5. The molecule has 0 saturated heterocycles. The second kappa shape index (κ2) is 8.30. The predicted molar refractivity (Wildman–Crippen MR) is 137 cm³/mol. The summed E-state index contributed by atoms with van der Waals surface area (Å²) in [6, 6.07) is 0. The van der Waals surface area contributed by atoms with Gasteiger partial charge in [-0.05, 0) is 99.7 Å². The Morgan fingerprint density at radius 3 is 2.24 bits per heavy atom. The summed E-state index contributed by atoms with van der Waals surface area (Å²) >= 11 is 0. The first kappa shape index (κ1) is 26.6. The summed E-state index contributed by atoms with van der Waals surface area (Å²) in [5, 5.41) is 43.3. The van der Waals surface area contributed by atoms with Crippen LogP contribution in [0.2, 0.25) is 0 Å². The molecule has 34 heavy (non-hydrogen) atoms. The molecule has 0 spiro atoms. The Hall–Kier alpha value is -0.420. The van der Waals surface area contributed by atoms with Gasteiger partial charge in [-0.3, -0.25) is 0 Å². The zero-order chi connectivity index (χ0) is 25.5. The fourth-order valence-electron chi connectivity index (χ4n) is 9.64. The van der Waals surface area contributed by atoms with Gasteiger partial charge < -0.3 is 20.4 Å². The molecule has 0 aromatic rings. The van der Waals surface area contributed by atoms with E-state index in [-0.39, 0.29) is 33.9 Å². The van der Waals surface area contributed by atoms with Crippen molar-refractivity contribution >= 4 is 0 Å². The summed E-state index contributed by atoms with van der Waals surface area (Å²) < 4.78 is 0. The Morgan fingerprint density at radius 1 is 0.971 bits per heavy atom. The zero-order valence-electron chi connectivity index (χ0n) is 23.1. The van der Waals surface area contributed by atoms with Crippen molar-refractivity contribution in [3.8, 4) is 0 Å². The summed E-state index contributed by atoms with van der Waals surface area (Å²) in [7, 11) is 0. The fraction of sp³-hybridized carbons (Fsp3) is 0.933. The highest BCUT2D eigenvalue weighted by Gasteiger charge is 2.70. The molecular weight excluding hydrogens is 424 g/mol. The van der Waals surface area contributed by atoms with E-state index in [2.05, 4.69) is 47.6 Å². The van der Waals surface area contributed by atoms with E-state index in [9.17, 15) is 20.4 Å². The van der Waals surface area contributed by atoms with E-state index < -0.39 is 11.7 Å². The van der Waals surface area contributed by atoms with Gasteiger partial charge >= 0.3 is 0 Å². The molecule has 10 atom stereocenters. The molecular formula is C30H52O4. The topological polar surface area (TPSA) is 80.9 Å². The number of fused-ring (bicyclic) bond motifs is 5. The number of aliphatic hydroxyl groups is 4. The van der Waals surface area contributed by atoms with Gasteiger partial charge in [-0.15, -0.1) is 0 Å². The molecule has 4 aliphatic carbocycles. The van der Waals surface area contributed by atoms with Crippen LogP contribution in [0.5, 0.6) is 0 Å². The van der Waals surface area contributed by atoms with E-state index in [0.29, 0.717) is 30.1 Å². The minimum atomic E-state index is -1.07. The number of rotatable bonds is 5. The number of hydrogen-bond acceptors (Lipinski definition) is 4. The average molecular weight is 477 g/mol. The lowest BCUT2D eigenvalue weighted by Crippen LogP contribution is -2.64. The van der Waals surface area contributed by atoms with Gasteiger partial charge in [-0.2, -0.15) is 0 Å². The number of aliphatic hydroxyl groups excluding tert-OH is 3. The summed E-state index contributed by atoms with van der Waals surface area (Å²) in [6.45, 7) is 17.4. The van der Waals surface area contributed by atoms with Crippen molar-refractivity contribution < 1.29 is 20.4 Å². The molecule has 4 aliphatic rings. The van der Waals surface area contributed by atoms with Crippen molar-refractivity contribution in [2.45, 2.75) is 131 Å².